The maximum atomic E-state index is 13.3. The molecule has 6 nitrogen and oxygen atoms in total. The maximum absolute atomic E-state index is 13.3. The van der Waals surface area contributed by atoms with E-state index in [9.17, 15) is 28.0 Å². The first-order valence-electron chi connectivity index (χ1n) is 9.50. The van der Waals surface area contributed by atoms with E-state index in [0.29, 0.717) is 5.75 Å². The summed E-state index contributed by atoms with van der Waals surface area (Å²) in [6.07, 6.45) is -4.60. The van der Waals surface area contributed by atoms with Crippen LogP contribution in [-0.4, -0.2) is 24.7 Å². The third kappa shape index (κ3) is 6.09. The van der Waals surface area contributed by atoms with Gasteiger partial charge >= 0.3 is 6.18 Å². The van der Waals surface area contributed by atoms with Crippen molar-refractivity contribution in [2.75, 3.05) is 18.2 Å². The molecule has 0 spiro atoms. The Bertz CT molecular complexity index is 1140. The van der Waals surface area contributed by atoms with Crippen LogP contribution >= 0.6 is 27.7 Å². The van der Waals surface area contributed by atoms with Gasteiger partial charge in [-0.25, -0.2) is 0 Å². The molecular formula is C22H17BrF3N3O3S. The quantitative estimate of drug-likeness (QED) is 0.527. The Morgan fingerprint density at radius 1 is 1.30 bits per heavy atom. The molecule has 0 aromatic heterocycles. The SMILES string of the molecule is COc1ccc([C@@H]2CC(=O)NC(SCC(=O)Nc3ccc(Br)cc3C(F)(F)F)=C2C#N)cc1. The molecule has 172 valence electrons. The number of hydrogen-bond donors (Lipinski definition) is 2. The van der Waals surface area contributed by atoms with E-state index in [2.05, 4.69) is 32.6 Å². The van der Waals surface area contributed by atoms with Crippen LogP contribution in [0.5, 0.6) is 5.75 Å². The summed E-state index contributed by atoms with van der Waals surface area (Å²) in [5.41, 5.74) is -0.362. The van der Waals surface area contributed by atoms with Gasteiger partial charge in [-0.15, -0.1) is 0 Å². The number of amides is 2. The molecule has 1 aliphatic heterocycles. The number of anilines is 1. The van der Waals surface area contributed by atoms with Crippen LogP contribution in [0.3, 0.4) is 0 Å². The molecular weight excluding hydrogens is 523 g/mol. The van der Waals surface area contributed by atoms with E-state index in [1.54, 1.807) is 24.3 Å². The molecule has 1 atom stereocenters. The Balaban J connectivity index is 1.78. The molecule has 0 fully saturated rings. The Morgan fingerprint density at radius 3 is 2.61 bits per heavy atom. The van der Waals surface area contributed by atoms with E-state index in [1.807, 2.05) is 0 Å². The van der Waals surface area contributed by atoms with Gasteiger partial charge in [-0.05, 0) is 35.9 Å². The number of hydrogen-bond acceptors (Lipinski definition) is 5. The van der Waals surface area contributed by atoms with Crippen molar-refractivity contribution in [3.05, 3.63) is 68.7 Å². The number of halogens is 4. The van der Waals surface area contributed by atoms with Crippen LogP contribution in [-0.2, 0) is 15.8 Å². The summed E-state index contributed by atoms with van der Waals surface area (Å²) in [5.74, 6) is -1.23. The number of carbonyl (C=O) groups excluding carboxylic acids is 2. The van der Waals surface area contributed by atoms with Gasteiger partial charge in [0, 0.05) is 16.8 Å². The van der Waals surface area contributed by atoms with Crippen molar-refractivity contribution >= 4 is 45.2 Å². The summed E-state index contributed by atoms with van der Waals surface area (Å²) >= 11 is 3.87. The summed E-state index contributed by atoms with van der Waals surface area (Å²) in [6.45, 7) is 0. The second-order valence-corrected chi connectivity index (χ2v) is 8.86. The lowest BCUT2D eigenvalue weighted by atomic mass is 9.87. The normalized spacial score (nSPS) is 16.1. The zero-order chi connectivity index (χ0) is 24.2. The number of benzene rings is 2. The van der Waals surface area contributed by atoms with Crippen LogP contribution in [0.1, 0.15) is 23.5 Å². The molecule has 1 aliphatic rings. The Kier molecular flexibility index (Phi) is 7.71. The summed E-state index contributed by atoms with van der Waals surface area (Å²) in [7, 11) is 1.52. The lowest BCUT2D eigenvalue weighted by Crippen LogP contribution is -2.31. The van der Waals surface area contributed by atoms with Crippen molar-refractivity contribution in [2.24, 2.45) is 0 Å². The average Bonchev–Trinajstić information content (AvgIpc) is 2.78. The molecule has 0 unspecified atom stereocenters. The van der Waals surface area contributed by atoms with Gasteiger partial charge in [-0.3, -0.25) is 9.59 Å². The van der Waals surface area contributed by atoms with Crippen molar-refractivity contribution in [1.82, 2.24) is 5.32 Å². The highest BCUT2D eigenvalue weighted by Crippen LogP contribution is 2.38. The van der Waals surface area contributed by atoms with Gasteiger partial charge in [0.2, 0.25) is 11.8 Å². The van der Waals surface area contributed by atoms with Crippen molar-refractivity contribution in [1.29, 1.82) is 5.26 Å². The molecule has 2 aromatic rings. The summed E-state index contributed by atoms with van der Waals surface area (Å²) in [5, 5.41) is 14.8. The molecule has 0 radical (unpaired) electrons. The fourth-order valence-corrected chi connectivity index (χ4v) is 4.48. The minimum Gasteiger partial charge on any atom is -0.497 e. The largest absolute Gasteiger partial charge is 0.497 e. The molecule has 2 amide bonds. The van der Waals surface area contributed by atoms with Gasteiger partial charge in [-0.2, -0.15) is 18.4 Å². The lowest BCUT2D eigenvalue weighted by molar-refractivity contribution is -0.137. The predicted molar refractivity (Wildman–Crippen MR) is 121 cm³/mol. The molecule has 2 N–H and O–H groups in total. The first kappa shape index (κ1) is 24.7. The predicted octanol–water partition coefficient (Wildman–Crippen LogP) is 5.19. The van der Waals surface area contributed by atoms with Gasteiger partial charge < -0.3 is 15.4 Å². The number of ether oxygens (including phenoxy) is 1. The van der Waals surface area contributed by atoms with Crippen LogP contribution in [0.2, 0.25) is 0 Å². The van der Waals surface area contributed by atoms with Crippen molar-refractivity contribution < 1.29 is 27.5 Å². The highest BCUT2D eigenvalue weighted by atomic mass is 79.9. The second kappa shape index (κ2) is 10.3. The molecule has 0 bridgehead atoms. The molecule has 11 heteroatoms. The van der Waals surface area contributed by atoms with Crippen LogP contribution in [0.15, 0.2) is 57.5 Å². The second-order valence-electron chi connectivity index (χ2n) is 6.96. The molecule has 0 aliphatic carbocycles. The van der Waals surface area contributed by atoms with Gasteiger partial charge in [0.15, 0.2) is 0 Å². The standard InChI is InChI=1S/C22H17BrF3N3O3S/c1-32-14-5-2-12(3-6-14)15-9-19(30)29-21(16(15)10-27)33-11-20(31)28-18-7-4-13(23)8-17(18)22(24,25)26/h2-8,15H,9,11H2,1H3,(H,28,31)(H,29,30)/t15-/m0/s1. The molecule has 0 saturated carbocycles. The summed E-state index contributed by atoms with van der Waals surface area (Å²) in [4.78, 5) is 24.6. The fraction of sp³-hybridized carbons (Fsp3) is 0.227. The molecule has 3 rings (SSSR count). The van der Waals surface area contributed by atoms with Gasteiger partial charge in [0.25, 0.3) is 0 Å². The first-order chi connectivity index (χ1) is 15.6. The highest BCUT2D eigenvalue weighted by molar-refractivity contribution is 9.10. The lowest BCUT2D eigenvalue weighted by Gasteiger charge is -2.25. The molecule has 0 saturated heterocycles. The van der Waals surface area contributed by atoms with Crippen LogP contribution in [0.25, 0.3) is 0 Å². The van der Waals surface area contributed by atoms with Crippen molar-refractivity contribution in [3.8, 4) is 11.8 Å². The molecule has 1 heterocycles. The number of carbonyl (C=O) groups is 2. The van der Waals surface area contributed by atoms with E-state index in [1.165, 1.54) is 13.2 Å². The number of allylic oxidation sites excluding steroid dienone is 1. The van der Waals surface area contributed by atoms with Crippen molar-refractivity contribution in [2.45, 2.75) is 18.5 Å². The van der Waals surface area contributed by atoms with Crippen LogP contribution in [0.4, 0.5) is 18.9 Å². The van der Waals surface area contributed by atoms with Crippen LogP contribution in [0, 0.1) is 11.3 Å². The van der Waals surface area contributed by atoms with E-state index in [4.69, 9.17) is 4.74 Å². The first-order valence-corrected chi connectivity index (χ1v) is 11.3. The Morgan fingerprint density at radius 2 is 2.00 bits per heavy atom. The van der Waals surface area contributed by atoms with Gasteiger partial charge in [-0.1, -0.05) is 39.8 Å². The molecule has 33 heavy (non-hydrogen) atoms. The zero-order valence-corrected chi connectivity index (χ0v) is 19.5. The monoisotopic (exact) mass is 539 g/mol. The van der Waals surface area contributed by atoms with Crippen LogP contribution < -0.4 is 15.4 Å². The number of thioether (sulfide) groups is 1. The van der Waals surface area contributed by atoms with E-state index in [-0.39, 0.29) is 38.8 Å². The van der Waals surface area contributed by atoms with E-state index >= 15 is 0 Å². The fourth-order valence-electron chi connectivity index (χ4n) is 3.24. The number of rotatable bonds is 6. The van der Waals surface area contributed by atoms with Crippen molar-refractivity contribution in [3.63, 3.8) is 0 Å². The highest BCUT2D eigenvalue weighted by Gasteiger charge is 2.34. The topological polar surface area (TPSA) is 91.2 Å². The third-order valence-corrected chi connectivity index (χ3v) is 6.29. The van der Waals surface area contributed by atoms with Gasteiger partial charge in [0.1, 0.15) is 5.75 Å². The number of methoxy groups -OCH3 is 1. The smallest absolute Gasteiger partial charge is 0.418 e. The third-order valence-electron chi connectivity index (χ3n) is 4.78. The minimum atomic E-state index is -4.65. The maximum Gasteiger partial charge on any atom is 0.418 e. The van der Waals surface area contributed by atoms with E-state index < -0.39 is 23.6 Å². The van der Waals surface area contributed by atoms with Gasteiger partial charge in [0.05, 0.1) is 40.8 Å². The number of nitrogens with one attached hydrogen (secondary N) is 2. The number of alkyl halides is 3. The molecule has 2 aromatic carbocycles. The Hall–Kier alpha value is -2.97. The number of nitrogens with zero attached hydrogens (tertiary/aromatic N) is 1. The summed E-state index contributed by atoms with van der Waals surface area (Å²) in [6, 6.07) is 12.4. The number of nitriles is 1. The minimum absolute atomic E-state index is 0.0549. The average molecular weight is 540 g/mol. The Labute approximate surface area is 200 Å². The van der Waals surface area contributed by atoms with E-state index in [0.717, 1.165) is 29.5 Å². The zero-order valence-electron chi connectivity index (χ0n) is 17.1. The summed E-state index contributed by atoms with van der Waals surface area (Å²) < 4.78 is 45.2.